The molecule has 0 saturated heterocycles. The Balaban J connectivity index is 1.44. The van der Waals surface area contributed by atoms with E-state index in [2.05, 4.69) is 23.3 Å². The number of hydrogen-bond donors (Lipinski definition) is 1. The lowest BCUT2D eigenvalue weighted by Gasteiger charge is -2.20. The van der Waals surface area contributed by atoms with E-state index in [0.717, 1.165) is 26.7 Å². The molecule has 0 amide bonds. The van der Waals surface area contributed by atoms with Gasteiger partial charge in [0.25, 0.3) is 0 Å². The number of carboxylic acids is 1. The van der Waals surface area contributed by atoms with Crippen LogP contribution in [-0.2, 0) is 4.79 Å². The molecule has 39 heavy (non-hydrogen) atoms. The zero-order chi connectivity index (χ0) is 27.6. The van der Waals surface area contributed by atoms with E-state index in [1.54, 1.807) is 46.5 Å². The Labute approximate surface area is 226 Å². The number of carboxylic acid groups (broad SMARTS) is 1. The number of hydrogen-bond acceptors (Lipinski definition) is 4. The standard InChI is InChI=1S/C30H25F3N2O3S/c31-30(32,33)15-14-25(19-8-10-20(11-9-19)26(36)5-3-7-29(37)38)35-24-13-12-22(16-23(24)18-34-35)28-17-21-4-1-2-6-27(21)39-28/h1-2,4,6,8-13,16-18,25H,3,5,7,14-15H2,(H,37,38). The van der Waals surface area contributed by atoms with Gasteiger partial charge in [0.05, 0.1) is 17.8 Å². The fraction of sp³-hybridized carbons (Fsp3) is 0.233. The number of carbonyl (C=O) groups excluding carboxylic acids is 1. The summed E-state index contributed by atoms with van der Waals surface area (Å²) in [4.78, 5) is 24.2. The largest absolute Gasteiger partial charge is 0.481 e. The highest BCUT2D eigenvalue weighted by molar-refractivity contribution is 7.22. The van der Waals surface area contributed by atoms with E-state index < -0.39 is 24.6 Å². The minimum Gasteiger partial charge on any atom is -0.481 e. The number of alkyl halides is 3. The first-order valence-corrected chi connectivity index (χ1v) is 13.4. The molecular weight excluding hydrogens is 525 g/mol. The number of nitrogens with zero attached hydrogens (tertiary/aromatic N) is 2. The van der Waals surface area contributed by atoms with Gasteiger partial charge in [-0.15, -0.1) is 11.3 Å². The maximum absolute atomic E-state index is 13.2. The van der Waals surface area contributed by atoms with Crippen molar-refractivity contribution >= 4 is 44.1 Å². The Morgan fingerprint density at radius 1 is 0.949 bits per heavy atom. The number of thiophene rings is 1. The summed E-state index contributed by atoms with van der Waals surface area (Å²) in [5.41, 5.74) is 2.75. The van der Waals surface area contributed by atoms with Crippen molar-refractivity contribution in [3.8, 4) is 10.4 Å². The second kappa shape index (κ2) is 11.0. The lowest BCUT2D eigenvalue weighted by Crippen LogP contribution is -2.17. The van der Waals surface area contributed by atoms with Gasteiger partial charge in [0.1, 0.15) is 0 Å². The van der Waals surface area contributed by atoms with Crippen molar-refractivity contribution in [2.24, 2.45) is 0 Å². The zero-order valence-corrected chi connectivity index (χ0v) is 21.6. The normalized spacial score (nSPS) is 12.7. The molecule has 1 unspecified atom stereocenters. The van der Waals surface area contributed by atoms with Crippen LogP contribution in [-0.4, -0.2) is 32.8 Å². The average Bonchev–Trinajstić information content (AvgIpc) is 3.52. The maximum Gasteiger partial charge on any atom is 0.389 e. The predicted octanol–water partition coefficient (Wildman–Crippen LogP) is 8.29. The van der Waals surface area contributed by atoms with Gasteiger partial charge < -0.3 is 5.11 Å². The van der Waals surface area contributed by atoms with Crippen molar-refractivity contribution in [1.82, 2.24) is 9.78 Å². The first-order chi connectivity index (χ1) is 18.7. The van der Waals surface area contributed by atoms with Crippen LogP contribution >= 0.6 is 11.3 Å². The maximum atomic E-state index is 13.2. The number of Topliss-reactive ketones (excluding diaryl/α,β-unsaturated/α-hetero) is 1. The van der Waals surface area contributed by atoms with E-state index >= 15 is 0 Å². The fourth-order valence-corrected chi connectivity index (χ4v) is 5.80. The number of benzene rings is 3. The summed E-state index contributed by atoms with van der Waals surface area (Å²) in [7, 11) is 0. The Kier molecular flexibility index (Phi) is 7.52. The highest BCUT2D eigenvalue weighted by Gasteiger charge is 2.30. The Morgan fingerprint density at radius 3 is 2.44 bits per heavy atom. The van der Waals surface area contributed by atoms with Gasteiger partial charge in [0.15, 0.2) is 5.78 Å². The number of fused-ring (bicyclic) bond motifs is 2. The summed E-state index contributed by atoms with van der Waals surface area (Å²) in [6, 6.07) is 21.9. The van der Waals surface area contributed by atoms with Crippen LogP contribution in [0.3, 0.4) is 0 Å². The number of aromatic nitrogens is 2. The van der Waals surface area contributed by atoms with E-state index in [9.17, 15) is 22.8 Å². The minimum atomic E-state index is -4.32. The third-order valence-corrected chi connectivity index (χ3v) is 7.88. The Bertz CT molecular complexity index is 1600. The van der Waals surface area contributed by atoms with Gasteiger partial charge in [-0.3, -0.25) is 14.3 Å². The Hall–Kier alpha value is -3.98. The number of carbonyl (C=O) groups is 2. The third-order valence-electron chi connectivity index (χ3n) is 6.71. The third kappa shape index (κ3) is 6.20. The first-order valence-electron chi connectivity index (χ1n) is 12.6. The molecule has 1 N–H and O–H groups in total. The van der Waals surface area contributed by atoms with Crippen LogP contribution in [0.25, 0.3) is 31.4 Å². The quantitative estimate of drug-likeness (QED) is 0.178. The molecule has 2 heterocycles. The molecule has 0 aliphatic heterocycles. The molecule has 5 rings (SSSR count). The van der Waals surface area contributed by atoms with Gasteiger partial charge in [-0.1, -0.05) is 48.5 Å². The van der Waals surface area contributed by atoms with Crippen molar-refractivity contribution in [2.75, 3.05) is 0 Å². The van der Waals surface area contributed by atoms with Gasteiger partial charge in [-0.25, -0.2) is 0 Å². The number of ketones is 1. The molecule has 9 heteroatoms. The molecule has 0 saturated carbocycles. The summed E-state index contributed by atoms with van der Waals surface area (Å²) in [6.07, 6.45) is -3.61. The monoisotopic (exact) mass is 550 g/mol. The molecule has 5 aromatic rings. The van der Waals surface area contributed by atoms with Crippen molar-refractivity contribution in [3.05, 3.63) is 90.1 Å². The molecule has 0 bridgehead atoms. The molecule has 200 valence electrons. The highest BCUT2D eigenvalue weighted by Crippen LogP contribution is 2.36. The summed E-state index contributed by atoms with van der Waals surface area (Å²) in [5.74, 6) is -1.17. The van der Waals surface area contributed by atoms with Crippen LogP contribution in [0.2, 0.25) is 0 Å². The van der Waals surface area contributed by atoms with Crippen LogP contribution in [0.1, 0.15) is 54.1 Å². The highest BCUT2D eigenvalue weighted by atomic mass is 32.1. The van der Waals surface area contributed by atoms with Crippen molar-refractivity contribution in [3.63, 3.8) is 0 Å². The van der Waals surface area contributed by atoms with Crippen molar-refractivity contribution in [2.45, 2.75) is 44.3 Å². The van der Waals surface area contributed by atoms with Crippen LogP contribution < -0.4 is 0 Å². The average molecular weight is 551 g/mol. The SMILES string of the molecule is O=C(O)CCCC(=O)c1ccc(C(CCC(F)(F)F)n2ncc3cc(-c4cc5ccccc5s4)ccc32)cc1. The number of rotatable bonds is 10. The van der Waals surface area contributed by atoms with Crippen LogP contribution in [0.15, 0.2) is 79.0 Å². The van der Waals surface area contributed by atoms with E-state index in [4.69, 9.17) is 5.11 Å². The first kappa shape index (κ1) is 26.6. The number of aliphatic carboxylic acids is 1. The predicted molar refractivity (Wildman–Crippen MR) is 146 cm³/mol. The summed E-state index contributed by atoms with van der Waals surface area (Å²) in [5, 5.41) is 15.2. The molecule has 2 aromatic heterocycles. The smallest absolute Gasteiger partial charge is 0.389 e. The molecule has 0 aliphatic rings. The summed E-state index contributed by atoms with van der Waals surface area (Å²) < 4.78 is 42.5. The second-order valence-electron chi connectivity index (χ2n) is 9.47. The van der Waals surface area contributed by atoms with Gasteiger partial charge >= 0.3 is 12.1 Å². The zero-order valence-electron chi connectivity index (χ0n) is 20.8. The van der Waals surface area contributed by atoms with Gasteiger partial charge in [-0.2, -0.15) is 18.3 Å². The topological polar surface area (TPSA) is 72.2 Å². The van der Waals surface area contributed by atoms with Gasteiger partial charge in [-0.05, 0) is 53.6 Å². The molecular formula is C30H25F3N2O3S. The lowest BCUT2D eigenvalue weighted by atomic mass is 9.98. The van der Waals surface area contributed by atoms with Crippen LogP contribution in [0.5, 0.6) is 0 Å². The van der Waals surface area contributed by atoms with E-state index in [0.29, 0.717) is 11.1 Å². The molecule has 5 nitrogen and oxygen atoms in total. The molecule has 0 radical (unpaired) electrons. The minimum absolute atomic E-state index is 0.0923. The van der Waals surface area contributed by atoms with Gasteiger partial charge in [0.2, 0.25) is 0 Å². The molecule has 1 atom stereocenters. The second-order valence-corrected chi connectivity index (χ2v) is 10.6. The summed E-state index contributed by atoms with van der Waals surface area (Å²) in [6.45, 7) is 0. The van der Waals surface area contributed by atoms with Crippen molar-refractivity contribution < 1.29 is 27.9 Å². The van der Waals surface area contributed by atoms with Crippen LogP contribution in [0.4, 0.5) is 13.2 Å². The fourth-order valence-electron chi connectivity index (χ4n) is 4.75. The van der Waals surface area contributed by atoms with E-state index in [1.165, 1.54) is 4.70 Å². The lowest BCUT2D eigenvalue weighted by molar-refractivity contribution is -0.137. The van der Waals surface area contributed by atoms with Crippen LogP contribution in [0, 0.1) is 0 Å². The Morgan fingerprint density at radius 2 is 1.72 bits per heavy atom. The molecule has 0 aliphatic carbocycles. The molecule has 3 aromatic carbocycles. The van der Waals surface area contributed by atoms with Gasteiger partial charge in [0, 0.05) is 39.8 Å². The van der Waals surface area contributed by atoms with E-state index in [-0.39, 0.29) is 31.5 Å². The number of halogens is 3. The van der Waals surface area contributed by atoms with E-state index in [1.807, 2.05) is 30.3 Å². The molecule has 0 fully saturated rings. The van der Waals surface area contributed by atoms with Crippen molar-refractivity contribution in [1.29, 1.82) is 0 Å². The molecule has 0 spiro atoms. The summed E-state index contributed by atoms with van der Waals surface area (Å²) >= 11 is 1.68.